The average molecular weight is 257 g/mol. The molecule has 0 bridgehead atoms. The zero-order valence-corrected chi connectivity index (χ0v) is 12.0. The number of rotatable bonds is 6. The van der Waals surface area contributed by atoms with Crippen molar-refractivity contribution in [2.24, 2.45) is 0 Å². The normalized spacial score (nSPS) is 12.8. The largest absolute Gasteiger partial charge is 0.308 e. The van der Waals surface area contributed by atoms with Crippen LogP contribution >= 0.6 is 0 Å². The first-order valence-electron chi connectivity index (χ1n) is 6.96. The minimum absolute atomic E-state index is 0.426. The molecule has 19 heavy (non-hydrogen) atoms. The molecule has 2 aromatic rings. The van der Waals surface area contributed by atoms with E-state index >= 15 is 0 Å². The molecule has 1 N–H and O–H groups in total. The van der Waals surface area contributed by atoms with Crippen LogP contribution in [0.3, 0.4) is 0 Å². The van der Waals surface area contributed by atoms with Crippen molar-refractivity contribution < 1.29 is 0 Å². The lowest BCUT2D eigenvalue weighted by atomic mass is 10.1. The van der Waals surface area contributed by atoms with E-state index in [4.69, 9.17) is 0 Å². The molecular formula is C16H23N3. The van der Waals surface area contributed by atoms with Crippen molar-refractivity contribution in [3.8, 4) is 0 Å². The third-order valence-corrected chi connectivity index (χ3v) is 3.21. The summed E-state index contributed by atoms with van der Waals surface area (Å²) in [6.45, 7) is 7.32. The van der Waals surface area contributed by atoms with Gasteiger partial charge in [0, 0.05) is 24.8 Å². The Morgan fingerprint density at radius 1 is 1.11 bits per heavy atom. The lowest BCUT2D eigenvalue weighted by molar-refractivity contribution is 0.505. The van der Waals surface area contributed by atoms with E-state index in [9.17, 15) is 0 Å². The summed E-state index contributed by atoms with van der Waals surface area (Å²) in [4.78, 5) is 0. The van der Waals surface area contributed by atoms with E-state index < -0.39 is 0 Å². The molecule has 3 nitrogen and oxygen atoms in total. The van der Waals surface area contributed by atoms with Crippen molar-refractivity contribution in [1.82, 2.24) is 15.1 Å². The zero-order valence-electron chi connectivity index (χ0n) is 12.0. The predicted octanol–water partition coefficient (Wildman–Crippen LogP) is 3.18. The minimum Gasteiger partial charge on any atom is -0.308 e. The van der Waals surface area contributed by atoms with Crippen LogP contribution in [0.4, 0.5) is 0 Å². The number of nitrogens with one attached hydrogen (secondary N) is 1. The van der Waals surface area contributed by atoms with E-state index in [-0.39, 0.29) is 0 Å². The lowest BCUT2D eigenvalue weighted by Gasteiger charge is -2.13. The van der Waals surface area contributed by atoms with Crippen molar-refractivity contribution in [1.29, 1.82) is 0 Å². The van der Waals surface area contributed by atoms with Gasteiger partial charge < -0.3 is 5.32 Å². The van der Waals surface area contributed by atoms with Crippen LogP contribution in [0.5, 0.6) is 0 Å². The summed E-state index contributed by atoms with van der Waals surface area (Å²) >= 11 is 0. The van der Waals surface area contributed by atoms with Crippen LogP contribution in [0.15, 0.2) is 42.6 Å². The third kappa shape index (κ3) is 4.21. The van der Waals surface area contributed by atoms with Gasteiger partial charge in [-0.2, -0.15) is 5.10 Å². The maximum absolute atomic E-state index is 4.54. The van der Waals surface area contributed by atoms with E-state index in [1.54, 1.807) is 0 Å². The standard InChI is InChI=1S/C16H23N3/c1-13(2)19-10-9-16(18-19)12-17-14(3)11-15-7-5-4-6-8-15/h4-10,13-14,17H,11-12H2,1-3H3. The van der Waals surface area contributed by atoms with E-state index in [1.807, 2.05) is 10.9 Å². The summed E-state index contributed by atoms with van der Waals surface area (Å²) in [5.41, 5.74) is 2.48. The molecule has 0 aliphatic carbocycles. The van der Waals surface area contributed by atoms with Gasteiger partial charge in [0.1, 0.15) is 0 Å². The van der Waals surface area contributed by atoms with Crippen LogP contribution in [0.1, 0.15) is 38.1 Å². The highest BCUT2D eigenvalue weighted by Crippen LogP contribution is 2.06. The van der Waals surface area contributed by atoms with Gasteiger partial charge >= 0.3 is 0 Å². The molecule has 0 radical (unpaired) electrons. The van der Waals surface area contributed by atoms with Gasteiger partial charge in [-0.3, -0.25) is 4.68 Å². The van der Waals surface area contributed by atoms with Gasteiger partial charge in [-0.05, 0) is 38.8 Å². The lowest BCUT2D eigenvalue weighted by Crippen LogP contribution is -2.27. The van der Waals surface area contributed by atoms with Gasteiger partial charge in [-0.1, -0.05) is 30.3 Å². The first-order valence-corrected chi connectivity index (χ1v) is 6.96. The maximum Gasteiger partial charge on any atom is 0.0762 e. The van der Waals surface area contributed by atoms with Gasteiger partial charge in [0.2, 0.25) is 0 Å². The number of hydrogen-bond acceptors (Lipinski definition) is 2. The van der Waals surface area contributed by atoms with Gasteiger partial charge in [0.25, 0.3) is 0 Å². The average Bonchev–Trinajstić information content (AvgIpc) is 2.86. The molecule has 0 aliphatic rings. The van der Waals surface area contributed by atoms with Crippen LogP contribution in [0.2, 0.25) is 0 Å². The van der Waals surface area contributed by atoms with Gasteiger partial charge in [-0.25, -0.2) is 0 Å². The maximum atomic E-state index is 4.54. The number of benzene rings is 1. The third-order valence-electron chi connectivity index (χ3n) is 3.21. The first-order chi connectivity index (χ1) is 9.15. The smallest absolute Gasteiger partial charge is 0.0762 e. The Kier molecular flexibility index (Phi) is 4.74. The summed E-state index contributed by atoms with van der Waals surface area (Å²) in [7, 11) is 0. The topological polar surface area (TPSA) is 29.9 Å². The molecule has 1 heterocycles. The molecule has 1 aromatic heterocycles. The van der Waals surface area contributed by atoms with Crippen molar-refractivity contribution in [3.63, 3.8) is 0 Å². The number of aromatic nitrogens is 2. The van der Waals surface area contributed by atoms with Crippen LogP contribution in [0.25, 0.3) is 0 Å². The Bertz CT molecular complexity index is 488. The van der Waals surface area contributed by atoms with Gasteiger partial charge in [0.15, 0.2) is 0 Å². The van der Waals surface area contributed by atoms with Crippen molar-refractivity contribution in [3.05, 3.63) is 53.9 Å². The highest BCUT2D eigenvalue weighted by atomic mass is 15.3. The molecule has 1 unspecified atom stereocenters. The molecule has 3 heteroatoms. The quantitative estimate of drug-likeness (QED) is 0.861. The summed E-state index contributed by atoms with van der Waals surface area (Å²) in [6, 6.07) is 13.5. The zero-order chi connectivity index (χ0) is 13.7. The van der Waals surface area contributed by atoms with Gasteiger partial charge in [-0.15, -0.1) is 0 Å². The second-order valence-electron chi connectivity index (χ2n) is 5.35. The highest BCUT2D eigenvalue weighted by Gasteiger charge is 2.05. The molecule has 1 aromatic carbocycles. The molecule has 0 spiro atoms. The van der Waals surface area contributed by atoms with Crippen LogP contribution in [0, 0.1) is 0 Å². The molecule has 0 amide bonds. The molecule has 0 fully saturated rings. The second kappa shape index (κ2) is 6.53. The molecule has 2 rings (SSSR count). The summed E-state index contributed by atoms with van der Waals surface area (Å²) < 4.78 is 2.00. The Hall–Kier alpha value is -1.61. The van der Waals surface area contributed by atoms with Crippen LogP contribution < -0.4 is 5.32 Å². The van der Waals surface area contributed by atoms with E-state index in [0.29, 0.717) is 12.1 Å². The molecular weight excluding hydrogens is 234 g/mol. The van der Waals surface area contributed by atoms with Crippen LogP contribution in [-0.2, 0) is 13.0 Å². The molecule has 1 atom stereocenters. The fraction of sp³-hybridized carbons (Fsp3) is 0.438. The molecule has 102 valence electrons. The Morgan fingerprint density at radius 2 is 1.84 bits per heavy atom. The SMILES string of the molecule is CC(Cc1ccccc1)NCc1ccn(C(C)C)n1. The fourth-order valence-electron chi connectivity index (χ4n) is 2.08. The predicted molar refractivity (Wildman–Crippen MR) is 79.1 cm³/mol. The molecule has 0 aliphatic heterocycles. The van der Waals surface area contributed by atoms with Crippen molar-refractivity contribution in [2.45, 2.75) is 45.8 Å². The minimum atomic E-state index is 0.426. The fourth-order valence-corrected chi connectivity index (χ4v) is 2.08. The molecule has 0 saturated carbocycles. The Balaban J connectivity index is 1.81. The van der Waals surface area contributed by atoms with Crippen molar-refractivity contribution >= 4 is 0 Å². The number of hydrogen-bond donors (Lipinski definition) is 1. The first kappa shape index (κ1) is 13.8. The monoisotopic (exact) mass is 257 g/mol. The van der Waals surface area contributed by atoms with Crippen molar-refractivity contribution in [2.75, 3.05) is 0 Å². The highest BCUT2D eigenvalue weighted by molar-refractivity contribution is 5.15. The second-order valence-corrected chi connectivity index (χ2v) is 5.35. The molecule has 0 saturated heterocycles. The van der Waals surface area contributed by atoms with E-state index in [2.05, 4.69) is 67.6 Å². The Labute approximate surface area is 115 Å². The summed E-state index contributed by atoms with van der Waals surface area (Å²) in [6.07, 6.45) is 3.09. The number of nitrogens with zero attached hydrogens (tertiary/aromatic N) is 2. The Morgan fingerprint density at radius 3 is 2.47 bits per heavy atom. The van der Waals surface area contributed by atoms with E-state index in [1.165, 1.54) is 5.56 Å². The summed E-state index contributed by atoms with van der Waals surface area (Å²) in [5, 5.41) is 8.07. The summed E-state index contributed by atoms with van der Waals surface area (Å²) in [5.74, 6) is 0. The van der Waals surface area contributed by atoms with E-state index in [0.717, 1.165) is 18.7 Å². The van der Waals surface area contributed by atoms with Crippen LogP contribution in [-0.4, -0.2) is 15.8 Å². The van der Waals surface area contributed by atoms with Gasteiger partial charge in [0.05, 0.1) is 5.69 Å².